The summed E-state index contributed by atoms with van der Waals surface area (Å²) in [5.41, 5.74) is 2.07. The van der Waals surface area contributed by atoms with E-state index in [-0.39, 0.29) is 5.41 Å². The third kappa shape index (κ3) is 2.97. The van der Waals surface area contributed by atoms with Crippen LogP contribution in [0.5, 0.6) is 0 Å². The Morgan fingerprint density at radius 1 is 1.24 bits per heavy atom. The van der Waals surface area contributed by atoms with Crippen molar-refractivity contribution < 1.29 is 0 Å². The van der Waals surface area contributed by atoms with Gasteiger partial charge in [-0.3, -0.25) is 0 Å². The number of hydrogen-bond donors (Lipinski definition) is 0. The number of hydrogen-bond acceptors (Lipinski definition) is 0. The first-order valence-electron chi connectivity index (χ1n) is 6.91. The van der Waals surface area contributed by atoms with Gasteiger partial charge in [-0.2, -0.15) is 0 Å². The quantitative estimate of drug-likeness (QED) is 0.569. The molecule has 1 aliphatic rings. The van der Waals surface area contributed by atoms with Crippen molar-refractivity contribution in [3.8, 4) is 0 Å². The molecule has 1 rings (SSSR count). The lowest BCUT2D eigenvalue weighted by atomic mass is 9.66. The summed E-state index contributed by atoms with van der Waals surface area (Å²) in [5.74, 6) is 1.40. The Hall–Kier alpha value is -0.650. The molecule has 0 aliphatic heterocycles. The van der Waals surface area contributed by atoms with Crippen LogP contribution in [0.1, 0.15) is 54.9 Å². The molecule has 0 heterocycles. The molecule has 96 valence electrons. The van der Waals surface area contributed by atoms with Crippen molar-refractivity contribution in [1.29, 1.82) is 0 Å². The van der Waals surface area contributed by atoms with Crippen LogP contribution < -0.4 is 0 Å². The van der Waals surface area contributed by atoms with E-state index in [0.29, 0.717) is 11.3 Å². The summed E-state index contributed by atoms with van der Waals surface area (Å²) in [5, 5.41) is 0. The summed E-state index contributed by atoms with van der Waals surface area (Å²) in [4.78, 5) is 0. The van der Waals surface area contributed by atoms with Gasteiger partial charge in [0.25, 0.3) is 0 Å². The van der Waals surface area contributed by atoms with Gasteiger partial charge in [-0.1, -0.05) is 45.9 Å². The van der Waals surface area contributed by atoms with E-state index in [1.807, 2.05) is 0 Å². The molecule has 0 saturated heterocycles. The second kappa shape index (κ2) is 4.92. The van der Waals surface area contributed by atoms with Gasteiger partial charge < -0.3 is 0 Å². The minimum atomic E-state index is 0.212. The van der Waals surface area contributed by atoms with Crippen LogP contribution in [0.25, 0.3) is 0 Å². The van der Waals surface area contributed by atoms with Crippen LogP contribution in [-0.4, -0.2) is 0 Å². The van der Waals surface area contributed by atoms with E-state index < -0.39 is 0 Å². The van der Waals surface area contributed by atoms with Gasteiger partial charge in [0.15, 0.2) is 0 Å². The lowest BCUT2D eigenvalue weighted by molar-refractivity contribution is 0.172. The molecule has 0 fully saturated rings. The highest BCUT2D eigenvalue weighted by atomic mass is 14.4. The SMILES string of the molecule is C[CH+]C(C)(C)C1=CCC(C(C)(C)C(C)C)C=C1. The average molecular weight is 233 g/mol. The predicted molar refractivity (Wildman–Crippen MR) is 77.7 cm³/mol. The predicted octanol–water partition coefficient (Wildman–Crippen LogP) is 5.42. The highest BCUT2D eigenvalue weighted by Crippen LogP contribution is 2.42. The van der Waals surface area contributed by atoms with Gasteiger partial charge in [-0.05, 0) is 43.1 Å². The first-order chi connectivity index (χ1) is 7.71. The average Bonchev–Trinajstić information content (AvgIpc) is 2.29. The highest BCUT2D eigenvalue weighted by molar-refractivity contribution is 5.32. The van der Waals surface area contributed by atoms with Gasteiger partial charge in [-0.25, -0.2) is 0 Å². The van der Waals surface area contributed by atoms with Crippen molar-refractivity contribution in [2.24, 2.45) is 22.7 Å². The minimum Gasteiger partial charge on any atom is -0.0801 e. The Balaban J connectivity index is 2.79. The zero-order chi connectivity index (χ0) is 13.3. The summed E-state index contributed by atoms with van der Waals surface area (Å²) in [7, 11) is 0. The third-order valence-corrected chi connectivity index (χ3v) is 5.01. The number of allylic oxidation sites excluding steroid dienone is 4. The second-order valence-corrected chi connectivity index (χ2v) is 6.85. The molecule has 1 aliphatic carbocycles. The molecular weight excluding hydrogens is 204 g/mol. The maximum atomic E-state index is 2.44. The second-order valence-electron chi connectivity index (χ2n) is 6.85. The van der Waals surface area contributed by atoms with Gasteiger partial charge in [-0.15, -0.1) is 0 Å². The van der Waals surface area contributed by atoms with Crippen LogP contribution in [0.15, 0.2) is 23.8 Å². The molecule has 1 atom stereocenters. The zero-order valence-corrected chi connectivity index (χ0v) is 12.7. The van der Waals surface area contributed by atoms with E-state index in [9.17, 15) is 0 Å². The molecule has 0 bridgehead atoms. The van der Waals surface area contributed by atoms with Crippen molar-refractivity contribution in [3.63, 3.8) is 0 Å². The smallest absolute Gasteiger partial charge is 0.0801 e. The molecule has 0 amide bonds. The van der Waals surface area contributed by atoms with Crippen molar-refractivity contribution in [2.75, 3.05) is 0 Å². The standard InChI is InChI=1S/C17H29/c1-8-16(4,5)14-9-11-15(12-10-14)17(6,7)13(2)3/h8-11,13,15H,12H2,1-7H3/q+1. The first kappa shape index (κ1) is 14.4. The normalized spacial score (nSPS) is 21.6. The third-order valence-electron chi connectivity index (χ3n) is 5.01. The molecule has 0 aromatic carbocycles. The van der Waals surface area contributed by atoms with Gasteiger partial charge in [0.1, 0.15) is 5.41 Å². The van der Waals surface area contributed by atoms with Crippen molar-refractivity contribution in [2.45, 2.75) is 54.9 Å². The van der Waals surface area contributed by atoms with Crippen molar-refractivity contribution >= 4 is 0 Å². The van der Waals surface area contributed by atoms with E-state index in [2.05, 4.69) is 73.1 Å². The molecule has 17 heavy (non-hydrogen) atoms. The van der Waals surface area contributed by atoms with Crippen LogP contribution in [0.3, 0.4) is 0 Å². The minimum absolute atomic E-state index is 0.212. The molecule has 0 aromatic heterocycles. The van der Waals surface area contributed by atoms with Gasteiger partial charge in [0.05, 0.1) is 13.3 Å². The fourth-order valence-corrected chi connectivity index (χ4v) is 2.24. The Morgan fingerprint density at radius 2 is 1.82 bits per heavy atom. The Kier molecular flexibility index (Phi) is 4.17. The summed E-state index contributed by atoms with van der Waals surface area (Å²) in [6.45, 7) is 16.2. The van der Waals surface area contributed by atoms with E-state index in [1.165, 1.54) is 12.0 Å². The molecule has 0 N–H and O–H groups in total. The molecule has 0 nitrogen and oxygen atoms in total. The lowest BCUT2D eigenvalue weighted by Gasteiger charge is -2.38. The largest absolute Gasteiger partial charge is 0.126 e. The van der Waals surface area contributed by atoms with Crippen molar-refractivity contribution in [3.05, 3.63) is 30.2 Å². The monoisotopic (exact) mass is 233 g/mol. The summed E-state index contributed by atoms with van der Waals surface area (Å²) in [6.07, 6.45) is 10.7. The van der Waals surface area contributed by atoms with Crippen LogP contribution in [0, 0.1) is 29.1 Å². The van der Waals surface area contributed by atoms with E-state index in [4.69, 9.17) is 0 Å². The Morgan fingerprint density at radius 3 is 2.18 bits per heavy atom. The molecule has 0 heteroatoms. The van der Waals surface area contributed by atoms with Crippen LogP contribution in [0.4, 0.5) is 0 Å². The van der Waals surface area contributed by atoms with Crippen LogP contribution in [0.2, 0.25) is 0 Å². The Bertz CT molecular complexity index is 313. The van der Waals surface area contributed by atoms with E-state index >= 15 is 0 Å². The first-order valence-corrected chi connectivity index (χ1v) is 6.91. The van der Waals surface area contributed by atoms with Crippen LogP contribution >= 0.6 is 0 Å². The molecule has 0 radical (unpaired) electrons. The fourth-order valence-electron chi connectivity index (χ4n) is 2.24. The summed E-state index contributed by atoms with van der Waals surface area (Å²) in [6, 6.07) is 0. The fraction of sp³-hybridized carbons (Fsp3) is 0.706. The van der Waals surface area contributed by atoms with E-state index in [1.54, 1.807) is 0 Å². The zero-order valence-electron chi connectivity index (χ0n) is 12.7. The highest BCUT2D eigenvalue weighted by Gasteiger charge is 2.34. The van der Waals surface area contributed by atoms with E-state index in [0.717, 1.165) is 5.92 Å². The van der Waals surface area contributed by atoms with Gasteiger partial charge >= 0.3 is 0 Å². The van der Waals surface area contributed by atoms with Crippen LogP contribution in [-0.2, 0) is 0 Å². The maximum Gasteiger partial charge on any atom is 0.126 e. The van der Waals surface area contributed by atoms with Gasteiger partial charge in [0.2, 0.25) is 0 Å². The summed E-state index contributed by atoms with van der Waals surface area (Å²) < 4.78 is 0. The molecule has 0 saturated carbocycles. The Labute approximate surface area is 108 Å². The molecule has 0 spiro atoms. The molecule has 1 unspecified atom stereocenters. The maximum absolute atomic E-state index is 2.44. The van der Waals surface area contributed by atoms with Gasteiger partial charge in [0, 0.05) is 0 Å². The molecular formula is C17H29+. The lowest BCUT2D eigenvalue weighted by Crippen LogP contribution is -2.29. The molecule has 0 aromatic rings. The topological polar surface area (TPSA) is 0 Å². The van der Waals surface area contributed by atoms with Crippen molar-refractivity contribution in [1.82, 2.24) is 0 Å². The summed E-state index contributed by atoms with van der Waals surface area (Å²) >= 11 is 0. The number of rotatable bonds is 4.